The summed E-state index contributed by atoms with van der Waals surface area (Å²) < 4.78 is 0. The lowest BCUT2D eigenvalue weighted by Gasteiger charge is -2.35. The van der Waals surface area contributed by atoms with E-state index in [1.165, 1.54) is 0 Å². The molecule has 0 unspecified atom stereocenters. The van der Waals surface area contributed by atoms with Crippen LogP contribution in [0.15, 0.2) is 0 Å². The molecule has 4 nitrogen and oxygen atoms in total. The van der Waals surface area contributed by atoms with E-state index in [-0.39, 0.29) is 11.8 Å². The van der Waals surface area contributed by atoms with Gasteiger partial charge in [-0.1, -0.05) is 26.7 Å². The van der Waals surface area contributed by atoms with E-state index in [0.717, 1.165) is 25.7 Å². The van der Waals surface area contributed by atoms with Crippen LogP contribution in [0, 0.1) is 0 Å². The summed E-state index contributed by atoms with van der Waals surface area (Å²) in [6.07, 6.45) is 5.35. The second-order valence-electron chi connectivity index (χ2n) is 4.97. The lowest BCUT2D eigenvalue weighted by atomic mass is 10.2. The standard InChI is InChI=1S/C14H26N2O2/c1-3-5-7-13(17)15-9-11-16(12-10-15)14(18)8-6-4-2/h3-12H2,1-2H3. The smallest absolute Gasteiger partial charge is 0.222 e. The second kappa shape index (κ2) is 8.11. The molecule has 1 fully saturated rings. The van der Waals surface area contributed by atoms with Crippen molar-refractivity contribution in [1.82, 2.24) is 9.80 Å². The first-order valence-electron chi connectivity index (χ1n) is 7.24. The van der Waals surface area contributed by atoms with Gasteiger partial charge in [-0.2, -0.15) is 0 Å². The van der Waals surface area contributed by atoms with Crippen molar-refractivity contribution in [3.63, 3.8) is 0 Å². The fourth-order valence-corrected chi connectivity index (χ4v) is 2.18. The lowest BCUT2D eigenvalue weighted by molar-refractivity contribution is -0.139. The zero-order valence-electron chi connectivity index (χ0n) is 11.8. The molecule has 4 heteroatoms. The average Bonchev–Trinajstić information content (AvgIpc) is 2.42. The van der Waals surface area contributed by atoms with Gasteiger partial charge in [-0.25, -0.2) is 0 Å². The molecule has 0 saturated carbocycles. The first kappa shape index (κ1) is 15.0. The SMILES string of the molecule is CCCCC(=O)N1CCN(C(=O)CCCC)CC1. The molecule has 1 saturated heterocycles. The summed E-state index contributed by atoms with van der Waals surface area (Å²) in [5, 5.41) is 0. The number of hydrogen-bond acceptors (Lipinski definition) is 2. The Hall–Kier alpha value is -1.06. The molecule has 0 aliphatic carbocycles. The highest BCUT2D eigenvalue weighted by atomic mass is 16.2. The summed E-state index contributed by atoms with van der Waals surface area (Å²) in [7, 11) is 0. The van der Waals surface area contributed by atoms with E-state index < -0.39 is 0 Å². The maximum atomic E-state index is 11.8. The lowest BCUT2D eigenvalue weighted by Crippen LogP contribution is -2.50. The Bertz CT molecular complexity index is 243. The van der Waals surface area contributed by atoms with Crippen LogP contribution < -0.4 is 0 Å². The number of nitrogens with zero attached hydrogens (tertiary/aromatic N) is 2. The van der Waals surface area contributed by atoms with Crippen molar-refractivity contribution in [2.24, 2.45) is 0 Å². The number of rotatable bonds is 6. The zero-order chi connectivity index (χ0) is 13.4. The monoisotopic (exact) mass is 254 g/mol. The molecule has 1 rings (SSSR count). The first-order chi connectivity index (χ1) is 8.69. The molecule has 0 N–H and O–H groups in total. The van der Waals surface area contributed by atoms with Crippen LogP contribution in [0.1, 0.15) is 52.4 Å². The van der Waals surface area contributed by atoms with Gasteiger partial charge in [-0.15, -0.1) is 0 Å². The first-order valence-corrected chi connectivity index (χ1v) is 7.24. The Morgan fingerprint density at radius 2 is 1.11 bits per heavy atom. The molecular formula is C14H26N2O2. The van der Waals surface area contributed by atoms with Crippen molar-refractivity contribution in [3.8, 4) is 0 Å². The largest absolute Gasteiger partial charge is 0.339 e. The molecule has 0 aromatic heterocycles. The predicted molar refractivity (Wildman–Crippen MR) is 72.2 cm³/mol. The number of amides is 2. The van der Waals surface area contributed by atoms with Crippen LogP contribution in [0.2, 0.25) is 0 Å². The summed E-state index contributed by atoms with van der Waals surface area (Å²) >= 11 is 0. The van der Waals surface area contributed by atoms with E-state index in [2.05, 4.69) is 13.8 Å². The molecule has 0 atom stereocenters. The maximum Gasteiger partial charge on any atom is 0.222 e. The molecule has 104 valence electrons. The van der Waals surface area contributed by atoms with Gasteiger partial charge < -0.3 is 9.80 Å². The second-order valence-corrected chi connectivity index (χ2v) is 4.97. The highest BCUT2D eigenvalue weighted by Gasteiger charge is 2.23. The van der Waals surface area contributed by atoms with Gasteiger partial charge in [-0.05, 0) is 12.8 Å². The quantitative estimate of drug-likeness (QED) is 0.728. The molecule has 0 spiro atoms. The molecule has 1 heterocycles. The van der Waals surface area contributed by atoms with Crippen LogP contribution in [-0.4, -0.2) is 47.8 Å². The van der Waals surface area contributed by atoms with E-state index in [4.69, 9.17) is 0 Å². The number of piperazine rings is 1. The van der Waals surface area contributed by atoms with Gasteiger partial charge in [0.1, 0.15) is 0 Å². The Morgan fingerprint density at radius 1 is 0.778 bits per heavy atom. The Balaban J connectivity index is 2.27. The van der Waals surface area contributed by atoms with Gasteiger partial charge in [-0.3, -0.25) is 9.59 Å². The molecule has 2 amide bonds. The Kier molecular flexibility index (Phi) is 6.76. The fraction of sp³-hybridized carbons (Fsp3) is 0.857. The number of unbranched alkanes of at least 4 members (excludes halogenated alkanes) is 2. The third-order valence-electron chi connectivity index (χ3n) is 3.47. The van der Waals surface area contributed by atoms with Crippen molar-refractivity contribution in [1.29, 1.82) is 0 Å². The van der Waals surface area contributed by atoms with Gasteiger partial charge >= 0.3 is 0 Å². The Morgan fingerprint density at radius 3 is 1.39 bits per heavy atom. The van der Waals surface area contributed by atoms with E-state index in [0.29, 0.717) is 39.0 Å². The summed E-state index contributed by atoms with van der Waals surface area (Å²) in [6.45, 7) is 7.02. The van der Waals surface area contributed by atoms with Gasteiger partial charge in [0, 0.05) is 39.0 Å². The van der Waals surface area contributed by atoms with Crippen molar-refractivity contribution >= 4 is 11.8 Å². The van der Waals surface area contributed by atoms with Gasteiger partial charge in [0.25, 0.3) is 0 Å². The Labute approximate surface area is 110 Å². The van der Waals surface area contributed by atoms with Crippen LogP contribution in [0.3, 0.4) is 0 Å². The normalized spacial score (nSPS) is 15.9. The molecule has 0 aromatic rings. The number of carbonyl (C=O) groups is 2. The van der Waals surface area contributed by atoms with Crippen LogP contribution in [-0.2, 0) is 9.59 Å². The minimum absolute atomic E-state index is 0.248. The third kappa shape index (κ3) is 4.67. The summed E-state index contributed by atoms with van der Waals surface area (Å²) in [5.74, 6) is 0.495. The minimum Gasteiger partial charge on any atom is -0.339 e. The van der Waals surface area contributed by atoms with Crippen molar-refractivity contribution in [2.75, 3.05) is 26.2 Å². The van der Waals surface area contributed by atoms with Crippen molar-refractivity contribution < 1.29 is 9.59 Å². The van der Waals surface area contributed by atoms with Crippen LogP contribution in [0.5, 0.6) is 0 Å². The molecule has 0 bridgehead atoms. The minimum atomic E-state index is 0.248. The number of carbonyl (C=O) groups excluding carboxylic acids is 2. The molecule has 0 aromatic carbocycles. The molecular weight excluding hydrogens is 228 g/mol. The summed E-state index contributed by atoms with van der Waals surface area (Å²) in [4.78, 5) is 27.5. The van der Waals surface area contributed by atoms with Crippen LogP contribution >= 0.6 is 0 Å². The van der Waals surface area contributed by atoms with Crippen molar-refractivity contribution in [3.05, 3.63) is 0 Å². The highest BCUT2D eigenvalue weighted by molar-refractivity contribution is 5.78. The van der Waals surface area contributed by atoms with Gasteiger partial charge in [0.05, 0.1) is 0 Å². The van der Waals surface area contributed by atoms with Crippen molar-refractivity contribution in [2.45, 2.75) is 52.4 Å². The van der Waals surface area contributed by atoms with E-state index in [1.54, 1.807) is 0 Å². The van der Waals surface area contributed by atoms with Crippen LogP contribution in [0.4, 0.5) is 0 Å². The molecule has 0 radical (unpaired) electrons. The van der Waals surface area contributed by atoms with Crippen LogP contribution in [0.25, 0.3) is 0 Å². The fourth-order valence-electron chi connectivity index (χ4n) is 2.18. The predicted octanol–water partition coefficient (Wildman–Crippen LogP) is 2.04. The third-order valence-corrected chi connectivity index (χ3v) is 3.47. The zero-order valence-corrected chi connectivity index (χ0v) is 11.8. The van der Waals surface area contributed by atoms with Gasteiger partial charge in [0.15, 0.2) is 0 Å². The van der Waals surface area contributed by atoms with Gasteiger partial charge in [0.2, 0.25) is 11.8 Å². The number of hydrogen-bond donors (Lipinski definition) is 0. The molecule has 18 heavy (non-hydrogen) atoms. The molecule has 1 aliphatic heterocycles. The summed E-state index contributed by atoms with van der Waals surface area (Å²) in [6, 6.07) is 0. The topological polar surface area (TPSA) is 40.6 Å². The maximum absolute atomic E-state index is 11.8. The van der Waals surface area contributed by atoms with E-state index >= 15 is 0 Å². The van der Waals surface area contributed by atoms with E-state index in [1.807, 2.05) is 9.80 Å². The summed E-state index contributed by atoms with van der Waals surface area (Å²) in [5.41, 5.74) is 0. The average molecular weight is 254 g/mol. The van der Waals surface area contributed by atoms with E-state index in [9.17, 15) is 9.59 Å². The molecule has 1 aliphatic rings. The highest BCUT2D eigenvalue weighted by Crippen LogP contribution is 2.08.